The quantitative estimate of drug-likeness (QED) is 0.852. The predicted molar refractivity (Wildman–Crippen MR) is 78.5 cm³/mol. The molecule has 0 unspecified atom stereocenters. The Morgan fingerprint density at radius 3 is 2.24 bits per heavy atom. The number of alkyl halides is 3. The standard InChI is InChI=1S/C15H14F3N3O4/c1-7(2)10(13(23)24)19-12(22)9-5-3-8(4-6-9)11-20-14(25-21-11)15(16,17)18/h3-7,10H,1-2H3,(H,19,22)(H,23,24)/t10-/m1/s1. The Bertz CT molecular complexity index is 769. The number of aromatic nitrogens is 2. The van der Waals surface area contributed by atoms with Gasteiger partial charge in [-0.05, 0) is 18.1 Å². The van der Waals surface area contributed by atoms with E-state index in [1.54, 1.807) is 13.8 Å². The average Bonchev–Trinajstić information content (AvgIpc) is 3.02. The topological polar surface area (TPSA) is 105 Å². The van der Waals surface area contributed by atoms with Crippen molar-refractivity contribution >= 4 is 11.9 Å². The molecule has 25 heavy (non-hydrogen) atoms. The summed E-state index contributed by atoms with van der Waals surface area (Å²) in [6.07, 6.45) is -4.74. The zero-order valence-corrected chi connectivity index (χ0v) is 13.2. The highest BCUT2D eigenvalue weighted by Crippen LogP contribution is 2.29. The van der Waals surface area contributed by atoms with Gasteiger partial charge < -0.3 is 14.9 Å². The molecule has 1 aromatic heterocycles. The van der Waals surface area contributed by atoms with Crippen LogP contribution in [0.4, 0.5) is 13.2 Å². The SMILES string of the molecule is CC(C)[C@@H](NC(=O)c1ccc(-c2noc(C(F)(F)F)n2)cc1)C(=O)O. The summed E-state index contributed by atoms with van der Waals surface area (Å²) in [4.78, 5) is 26.4. The third-order valence-corrected chi connectivity index (χ3v) is 3.29. The minimum Gasteiger partial charge on any atom is -0.480 e. The van der Waals surface area contributed by atoms with Gasteiger partial charge in [-0.15, -0.1) is 0 Å². The molecule has 0 aliphatic carbocycles. The molecule has 0 fully saturated rings. The molecule has 0 saturated carbocycles. The first-order valence-electron chi connectivity index (χ1n) is 7.14. The van der Waals surface area contributed by atoms with Gasteiger partial charge in [0.25, 0.3) is 5.91 Å². The van der Waals surface area contributed by atoms with Gasteiger partial charge in [0, 0.05) is 11.1 Å². The minimum absolute atomic E-state index is 0.148. The van der Waals surface area contributed by atoms with Gasteiger partial charge in [0.1, 0.15) is 6.04 Å². The fourth-order valence-corrected chi connectivity index (χ4v) is 1.96. The molecule has 1 atom stereocenters. The summed E-state index contributed by atoms with van der Waals surface area (Å²) < 4.78 is 41.5. The highest BCUT2D eigenvalue weighted by Gasteiger charge is 2.38. The Balaban J connectivity index is 2.15. The number of hydrogen-bond acceptors (Lipinski definition) is 5. The van der Waals surface area contributed by atoms with Crippen LogP contribution in [0.1, 0.15) is 30.1 Å². The lowest BCUT2D eigenvalue weighted by Gasteiger charge is -2.17. The van der Waals surface area contributed by atoms with Gasteiger partial charge in [0.15, 0.2) is 0 Å². The van der Waals surface area contributed by atoms with Gasteiger partial charge in [-0.2, -0.15) is 18.2 Å². The van der Waals surface area contributed by atoms with Crippen molar-refractivity contribution in [2.45, 2.75) is 26.1 Å². The van der Waals surface area contributed by atoms with Gasteiger partial charge in [-0.25, -0.2) is 4.79 Å². The number of carboxylic acids is 1. The van der Waals surface area contributed by atoms with Crippen molar-refractivity contribution in [2.24, 2.45) is 5.92 Å². The number of amides is 1. The molecule has 134 valence electrons. The van der Waals surface area contributed by atoms with E-state index in [2.05, 4.69) is 20.0 Å². The van der Waals surface area contributed by atoms with E-state index in [1.165, 1.54) is 24.3 Å². The van der Waals surface area contributed by atoms with Gasteiger partial charge in [0.2, 0.25) is 5.82 Å². The van der Waals surface area contributed by atoms with Gasteiger partial charge in [-0.1, -0.05) is 31.1 Å². The largest absolute Gasteiger partial charge is 0.480 e. The second kappa shape index (κ2) is 6.91. The summed E-state index contributed by atoms with van der Waals surface area (Å²) in [6.45, 7) is 3.30. The van der Waals surface area contributed by atoms with Crippen LogP contribution in [0, 0.1) is 5.92 Å². The number of carbonyl (C=O) groups is 2. The monoisotopic (exact) mass is 357 g/mol. The summed E-state index contributed by atoms with van der Waals surface area (Å²) in [6, 6.07) is 4.27. The van der Waals surface area contributed by atoms with Crippen LogP contribution >= 0.6 is 0 Å². The lowest BCUT2D eigenvalue weighted by Crippen LogP contribution is -2.44. The highest BCUT2D eigenvalue weighted by molar-refractivity contribution is 5.96. The number of carbonyl (C=O) groups excluding carboxylic acids is 1. The molecule has 0 bridgehead atoms. The van der Waals surface area contributed by atoms with Crippen LogP contribution in [0.25, 0.3) is 11.4 Å². The first kappa shape index (κ1) is 18.4. The van der Waals surface area contributed by atoms with Crippen molar-refractivity contribution in [2.75, 3.05) is 0 Å². The van der Waals surface area contributed by atoms with E-state index in [1.807, 2.05) is 0 Å². The Morgan fingerprint density at radius 1 is 1.20 bits per heavy atom. The summed E-state index contributed by atoms with van der Waals surface area (Å²) in [7, 11) is 0. The van der Waals surface area contributed by atoms with E-state index in [4.69, 9.17) is 5.11 Å². The van der Waals surface area contributed by atoms with Crippen LogP contribution in [0.3, 0.4) is 0 Å². The molecule has 7 nitrogen and oxygen atoms in total. The Labute approximate surface area is 139 Å². The number of aliphatic carboxylic acids is 1. The van der Waals surface area contributed by atoms with Gasteiger partial charge in [-0.3, -0.25) is 4.79 Å². The maximum absolute atomic E-state index is 12.4. The maximum Gasteiger partial charge on any atom is 0.471 e. The molecule has 0 spiro atoms. The van der Waals surface area contributed by atoms with E-state index in [0.717, 1.165) is 0 Å². The van der Waals surface area contributed by atoms with Gasteiger partial charge >= 0.3 is 18.0 Å². The molecule has 0 saturated heterocycles. The zero-order chi connectivity index (χ0) is 18.8. The lowest BCUT2D eigenvalue weighted by atomic mass is 10.0. The molecule has 1 aromatic carbocycles. The van der Waals surface area contributed by atoms with Crippen molar-refractivity contribution in [3.8, 4) is 11.4 Å². The molecule has 2 rings (SSSR count). The van der Waals surface area contributed by atoms with E-state index in [0.29, 0.717) is 0 Å². The lowest BCUT2D eigenvalue weighted by molar-refractivity contribution is -0.159. The Hall–Kier alpha value is -2.91. The third kappa shape index (κ3) is 4.34. The smallest absolute Gasteiger partial charge is 0.471 e. The van der Waals surface area contributed by atoms with Crippen molar-refractivity contribution in [1.82, 2.24) is 15.5 Å². The normalized spacial score (nSPS) is 12.9. The molecular weight excluding hydrogens is 343 g/mol. The van der Waals surface area contributed by atoms with Crippen LogP contribution in [-0.2, 0) is 11.0 Å². The molecule has 0 radical (unpaired) electrons. The molecule has 2 N–H and O–H groups in total. The average molecular weight is 357 g/mol. The van der Waals surface area contributed by atoms with Crippen LogP contribution in [-0.4, -0.2) is 33.2 Å². The summed E-state index contributed by atoms with van der Waals surface area (Å²) in [5.41, 5.74) is 0.365. The molecule has 0 aliphatic rings. The van der Waals surface area contributed by atoms with Crippen LogP contribution in [0.5, 0.6) is 0 Å². The fourth-order valence-electron chi connectivity index (χ4n) is 1.96. The predicted octanol–water partition coefficient (Wildman–Crippen LogP) is 2.59. The first-order valence-corrected chi connectivity index (χ1v) is 7.14. The highest BCUT2D eigenvalue weighted by atomic mass is 19.4. The number of halogens is 3. The second-order valence-electron chi connectivity index (χ2n) is 5.53. The Morgan fingerprint density at radius 2 is 1.80 bits per heavy atom. The van der Waals surface area contributed by atoms with E-state index >= 15 is 0 Å². The van der Waals surface area contributed by atoms with Gasteiger partial charge in [0.05, 0.1) is 0 Å². The van der Waals surface area contributed by atoms with E-state index in [9.17, 15) is 22.8 Å². The summed E-state index contributed by atoms with van der Waals surface area (Å²) >= 11 is 0. The number of nitrogens with zero attached hydrogens (tertiary/aromatic N) is 2. The molecular formula is C15H14F3N3O4. The molecule has 0 aliphatic heterocycles. The van der Waals surface area contributed by atoms with E-state index < -0.39 is 30.0 Å². The van der Waals surface area contributed by atoms with Crippen molar-refractivity contribution in [3.63, 3.8) is 0 Å². The van der Waals surface area contributed by atoms with Crippen LogP contribution < -0.4 is 5.32 Å². The number of hydrogen-bond donors (Lipinski definition) is 2. The van der Waals surface area contributed by atoms with Crippen LogP contribution in [0.2, 0.25) is 0 Å². The first-order chi connectivity index (χ1) is 11.6. The minimum atomic E-state index is -4.74. The number of rotatable bonds is 5. The fraction of sp³-hybridized carbons (Fsp3) is 0.333. The van der Waals surface area contributed by atoms with Crippen molar-refractivity contribution < 1.29 is 32.4 Å². The summed E-state index contributed by atoms with van der Waals surface area (Å²) in [5.74, 6) is -3.83. The maximum atomic E-state index is 12.4. The molecule has 2 aromatic rings. The molecule has 10 heteroatoms. The number of carboxylic acid groups (broad SMARTS) is 1. The van der Waals surface area contributed by atoms with Crippen molar-refractivity contribution in [3.05, 3.63) is 35.7 Å². The second-order valence-corrected chi connectivity index (χ2v) is 5.53. The van der Waals surface area contributed by atoms with Crippen molar-refractivity contribution in [1.29, 1.82) is 0 Å². The van der Waals surface area contributed by atoms with Crippen LogP contribution in [0.15, 0.2) is 28.8 Å². The molecule has 1 amide bonds. The number of nitrogens with one attached hydrogen (secondary N) is 1. The Kier molecular flexibility index (Phi) is 5.10. The third-order valence-electron chi connectivity index (χ3n) is 3.29. The number of benzene rings is 1. The molecule has 1 heterocycles. The van der Waals surface area contributed by atoms with E-state index in [-0.39, 0.29) is 22.9 Å². The zero-order valence-electron chi connectivity index (χ0n) is 13.2. The summed E-state index contributed by atoms with van der Waals surface area (Å²) in [5, 5.41) is 14.7.